The number of hydrogen-bond donors (Lipinski definition) is 2. The summed E-state index contributed by atoms with van der Waals surface area (Å²) in [4.78, 5) is 12.3. The van der Waals surface area contributed by atoms with Crippen LogP contribution in [0.2, 0.25) is 0 Å². The van der Waals surface area contributed by atoms with Gasteiger partial charge in [-0.25, -0.2) is 0 Å². The van der Waals surface area contributed by atoms with Crippen LogP contribution in [-0.4, -0.2) is 29.1 Å². The fourth-order valence-corrected chi connectivity index (χ4v) is 3.46. The van der Waals surface area contributed by atoms with E-state index < -0.39 is 0 Å². The van der Waals surface area contributed by atoms with Crippen molar-refractivity contribution >= 4 is 29.0 Å². The van der Waals surface area contributed by atoms with Gasteiger partial charge in [-0.15, -0.1) is 11.8 Å². The summed E-state index contributed by atoms with van der Waals surface area (Å²) in [5.74, 6) is 0.0165. The van der Waals surface area contributed by atoms with Gasteiger partial charge in [0.1, 0.15) is 0 Å². The number of carbonyl (C=O) groups excluding carboxylic acids is 1. The molecule has 3 N–H and O–H groups in total. The Kier molecular flexibility index (Phi) is 4.94. The van der Waals surface area contributed by atoms with E-state index >= 15 is 0 Å². The minimum absolute atomic E-state index is 0.0165. The van der Waals surface area contributed by atoms with Crippen LogP contribution >= 0.6 is 11.8 Å². The first-order valence-electron chi connectivity index (χ1n) is 6.91. The molecule has 2 rings (SSSR count). The third kappa shape index (κ3) is 3.67. The van der Waals surface area contributed by atoms with E-state index in [4.69, 9.17) is 10.5 Å². The molecule has 1 heterocycles. The molecule has 1 aliphatic rings. The minimum Gasteiger partial charge on any atom is -0.399 e. The lowest BCUT2D eigenvalue weighted by Crippen LogP contribution is -2.27. The Hall–Kier alpha value is -1.20. The number of benzene rings is 1. The summed E-state index contributed by atoms with van der Waals surface area (Å²) in [6.07, 6.45) is 1.24. The number of hydrogen-bond acceptors (Lipinski definition) is 4. The van der Waals surface area contributed by atoms with Gasteiger partial charge in [-0.1, -0.05) is 6.07 Å². The quantitative estimate of drug-likeness (QED) is 0.838. The van der Waals surface area contributed by atoms with Crippen molar-refractivity contribution in [3.8, 4) is 0 Å². The van der Waals surface area contributed by atoms with Gasteiger partial charge in [-0.3, -0.25) is 4.79 Å². The Bertz CT molecular complexity index is 493. The maximum Gasteiger partial charge on any atom is 0.237 e. The van der Waals surface area contributed by atoms with E-state index in [2.05, 4.69) is 12.2 Å². The molecule has 1 amide bonds. The van der Waals surface area contributed by atoms with Gasteiger partial charge < -0.3 is 15.8 Å². The molecule has 0 spiro atoms. The zero-order valence-corrected chi connectivity index (χ0v) is 13.0. The van der Waals surface area contributed by atoms with Crippen LogP contribution in [0.4, 0.5) is 11.4 Å². The first-order valence-corrected chi connectivity index (χ1v) is 7.85. The van der Waals surface area contributed by atoms with E-state index in [1.165, 1.54) is 0 Å². The highest BCUT2D eigenvalue weighted by Gasteiger charge is 2.28. The lowest BCUT2D eigenvalue weighted by molar-refractivity contribution is -0.115. The van der Waals surface area contributed by atoms with Crippen molar-refractivity contribution in [3.05, 3.63) is 23.8 Å². The normalized spacial score (nSPS) is 23.6. The molecule has 20 heavy (non-hydrogen) atoms. The Labute approximate surface area is 124 Å². The Morgan fingerprint density at radius 1 is 1.55 bits per heavy atom. The third-order valence-electron chi connectivity index (χ3n) is 3.57. The second-order valence-electron chi connectivity index (χ2n) is 5.24. The standard InChI is InChI=1S/C15H22N2O2S/c1-9-4-5-12(16)8-13(9)17-15(18)11(3)20-14-6-7-19-10(14)2/h4-5,8,10-11,14H,6-7,16H2,1-3H3,(H,17,18). The molecule has 3 unspecified atom stereocenters. The van der Waals surface area contributed by atoms with E-state index in [0.717, 1.165) is 24.3 Å². The van der Waals surface area contributed by atoms with E-state index in [0.29, 0.717) is 10.9 Å². The molecule has 1 aromatic carbocycles. The first kappa shape index (κ1) is 15.2. The van der Waals surface area contributed by atoms with E-state index in [1.807, 2.05) is 26.0 Å². The lowest BCUT2D eigenvalue weighted by atomic mass is 10.2. The molecule has 3 atom stereocenters. The van der Waals surface area contributed by atoms with Crippen LogP contribution in [0.15, 0.2) is 18.2 Å². The van der Waals surface area contributed by atoms with Gasteiger partial charge >= 0.3 is 0 Å². The van der Waals surface area contributed by atoms with Crippen molar-refractivity contribution in [3.63, 3.8) is 0 Å². The molecule has 0 saturated carbocycles. The van der Waals surface area contributed by atoms with Crippen LogP contribution < -0.4 is 11.1 Å². The number of nitrogen functional groups attached to an aromatic ring is 1. The molecular weight excluding hydrogens is 272 g/mol. The minimum atomic E-state index is -0.106. The van der Waals surface area contributed by atoms with Crippen LogP contribution in [0.25, 0.3) is 0 Å². The van der Waals surface area contributed by atoms with Crippen LogP contribution in [-0.2, 0) is 9.53 Å². The molecule has 0 radical (unpaired) electrons. The van der Waals surface area contributed by atoms with Gasteiger partial charge in [0.15, 0.2) is 0 Å². The van der Waals surface area contributed by atoms with Gasteiger partial charge in [0.05, 0.1) is 11.4 Å². The smallest absolute Gasteiger partial charge is 0.237 e. The van der Waals surface area contributed by atoms with Crippen LogP contribution in [0.1, 0.15) is 25.8 Å². The fraction of sp³-hybridized carbons (Fsp3) is 0.533. The van der Waals surface area contributed by atoms with Gasteiger partial charge in [0, 0.05) is 23.2 Å². The summed E-state index contributed by atoms with van der Waals surface area (Å²) in [6.45, 7) is 6.76. The van der Waals surface area contributed by atoms with Crippen molar-refractivity contribution in [2.24, 2.45) is 0 Å². The number of rotatable bonds is 4. The monoisotopic (exact) mass is 294 g/mol. The van der Waals surface area contributed by atoms with Crippen molar-refractivity contribution in [1.29, 1.82) is 0 Å². The molecule has 0 aromatic heterocycles. The average molecular weight is 294 g/mol. The number of thioether (sulfide) groups is 1. The second kappa shape index (κ2) is 6.50. The zero-order chi connectivity index (χ0) is 14.7. The predicted octanol–water partition coefficient (Wildman–Crippen LogP) is 2.81. The molecule has 5 heteroatoms. The highest BCUT2D eigenvalue weighted by Crippen LogP contribution is 2.30. The molecule has 0 bridgehead atoms. The number of ether oxygens (including phenoxy) is 1. The number of aryl methyl sites for hydroxylation is 1. The van der Waals surface area contributed by atoms with Crippen LogP contribution in [0.5, 0.6) is 0 Å². The third-order valence-corrected chi connectivity index (χ3v) is 5.17. The SMILES string of the molecule is Cc1ccc(N)cc1NC(=O)C(C)SC1CCOC1C. The molecule has 4 nitrogen and oxygen atoms in total. The highest BCUT2D eigenvalue weighted by molar-refractivity contribution is 8.01. The summed E-state index contributed by atoms with van der Waals surface area (Å²) in [6, 6.07) is 5.54. The summed E-state index contributed by atoms with van der Waals surface area (Å²) >= 11 is 1.68. The topological polar surface area (TPSA) is 64.3 Å². The van der Waals surface area contributed by atoms with Gasteiger partial charge in [-0.05, 0) is 44.9 Å². The Morgan fingerprint density at radius 3 is 2.95 bits per heavy atom. The molecule has 110 valence electrons. The van der Waals surface area contributed by atoms with Crippen LogP contribution in [0.3, 0.4) is 0 Å². The molecule has 1 fully saturated rings. The van der Waals surface area contributed by atoms with E-state index in [1.54, 1.807) is 17.8 Å². The molecule has 1 aromatic rings. The average Bonchev–Trinajstić information content (AvgIpc) is 2.79. The van der Waals surface area contributed by atoms with Gasteiger partial charge in [0.2, 0.25) is 5.91 Å². The number of nitrogens with one attached hydrogen (secondary N) is 1. The largest absolute Gasteiger partial charge is 0.399 e. The summed E-state index contributed by atoms with van der Waals surface area (Å²) in [5, 5.41) is 3.25. The highest BCUT2D eigenvalue weighted by atomic mass is 32.2. The van der Waals surface area contributed by atoms with E-state index in [-0.39, 0.29) is 17.3 Å². The predicted molar refractivity (Wildman–Crippen MR) is 85.1 cm³/mol. The Balaban J connectivity index is 1.95. The molecular formula is C15H22N2O2S. The summed E-state index contributed by atoms with van der Waals surface area (Å²) in [5.41, 5.74) is 8.22. The molecule has 0 aliphatic carbocycles. The summed E-state index contributed by atoms with van der Waals surface area (Å²) < 4.78 is 5.53. The number of amides is 1. The maximum atomic E-state index is 12.3. The molecule has 1 aliphatic heterocycles. The number of anilines is 2. The summed E-state index contributed by atoms with van der Waals surface area (Å²) in [7, 11) is 0. The van der Waals surface area contributed by atoms with Crippen molar-refractivity contribution < 1.29 is 9.53 Å². The van der Waals surface area contributed by atoms with Crippen molar-refractivity contribution in [2.45, 2.75) is 43.8 Å². The first-order chi connectivity index (χ1) is 9.47. The fourth-order valence-electron chi connectivity index (χ4n) is 2.22. The second-order valence-corrected chi connectivity index (χ2v) is 6.83. The maximum absolute atomic E-state index is 12.3. The number of nitrogens with two attached hydrogens (primary N) is 1. The zero-order valence-electron chi connectivity index (χ0n) is 12.2. The lowest BCUT2D eigenvalue weighted by Gasteiger charge is -2.19. The van der Waals surface area contributed by atoms with Crippen LogP contribution in [0, 0.1) is 6.92 Å². The van der Waals surface area contributed by atoms with Crippen molar-refractivity contribution in [2.75, 3.05) is 17.7 Å². The number of carbonyl (C=O) groups is 1. The van der Waals surface area contributed by atoms with Crippen molar-refractivity contribution in [1.82, 2.24) is 0 Å². The van der Waals surface area contributed by atoms with Gasteiger partial charge in [0.25, 0.3) is 0 Å². The van der Waals surface area contributed by atoms with E-state index in [9.17, 15) is 4.79 Å². The molecule has 1 saturated heterocycles. The Morgan fingerprint density at radius 2 is 2.30 bits per heavy atom. The van der Waals surface area contributed by atoms with Gasteiger partial charge in [-0.2, -0.15) is 0 Å².